The van der Waals surface area contributed by atoms with Gasteiger partial charge in [-0.25, -0.2) is 4.98 Å². The van der Waals surface area contributed by atoms with E-state index in [2.05, 4.69) is 19.1 Å². The first-order chi connectivity index (χ1) is 15.4. The van der Waals surface area contributed by atoms with Gasteiger partial charge in [0, 0.05) is 30.9 Å². The fraction of sp³-hybridized carbons (Fsp3) is 0.346. The number of rotatable bonds is 9. The highest BCUT2D eigenvalue weighted by atomic mass is 16.5. The van der Waals surface area contributed by atoms with Crippen LogP contribution in [0, 0.1) is 13.8 Å². The largest absolute Gasteiger partial charge is 0.466 e. The lowest BCUT2D eigenvalue weighted by Crippen LogP contribution is -2.32. The Balaban J connectivity index is 1.91. The van der Waals surface area contributed by atoms with Gasteiger partial charge in [-0.3, -0.25) is 14.0 Å². The molecule has 6 heteroatoms. The maximum absolute atomic E-state index is 12.9. The van der Waals surface area contributed by atoms with Crippen LogP contribution in [-0.4, -0.2) is 45.9 Å². The van der Waals surface area contributed by atoms with Crippen molar-refractivity contribution in [2.75, 3.05) is 19.7 Å². The van der Waals surface area contributed by atoms with Gasteiger partial charge in [0.15, 0.2) is 0 Å². The molecule has 0 saturated carbocycles. The van der Waals surface area contributed by atoms with Crippen molar-refractivity contribution in [3.63, 3.8) is 0 Å². The van der Waals surface area contributed by atoms with Crippen molar-refractivity contribution < 1.29 is 14.3 Å². The number of pyridine rings is 1. The van der Waals surface area contributed by atoms with Gasteiger partial charge in [-0.15, -0.1) is 0 Å². The molecule has 0 unspecified atom stereocenters. The molecule has 0 radical (unpaired) electrons. The van der Waals surface area contributed by atoms with Gasteiger partial charge in [-0.2, -0.15) is 0 Å². The lowest BCUT2D eigenvalue weighted by atomic mass is 10.1. The number of amides is 1. The molecular weight excluding hydrogens is 402 g/mol. The number of benzene rings is 1. The summed E-state index contributed by atoms with van der Waals surface area (Å²) in [6.45, 7) is 9.14. The summed E-state index contributed by atoms with van der Waals surface area (Å²) in [5.74, 6) is -0.419. The Morgan fingerprint density at radius 1 is 1.06 bits per heavy atom. The van der Waals surface area contributed by atoms with E-state index in [4.69, 9.17) is 9.72 Å². The summed E-state index contributed by atoms with van der Waals surface area (Å²) in [5, 5.41) is 0. The van der Waals surface area contributed by atoms with E-state index in [1.807, 2.05) is 54.8 Å². The number of aromatic nitrogens is 2. The van der Waals surface area contributed by atoms with Crippen molar-refractivity contribution in [3.05, 3.63) is 65.5 Å². The average Bonchev–Trinajstić information content (AvgIpc) is 3.13. The summed E-state index contributed by atoms with van der Waals surface area (Å²) in [7, 11) is 0. The Labute approximate surface area is 189 Å². The second kappa shape index (κ2) is 10.8. The Kier molecular flexibility index (Phi) is 7.82. The molecular formula is C26H31N3O3. The molecule has 0 aliphatic heterocycles. The van der Waals surface area contributed by atoms with Crippen molar-refractivity contribution in [2.24, 2.45) is 0 Å². The summed E-state index contributed by atoms with van der Waals surface area (Å²) in [4.78, 5) is 31.2. The van der Waals surface area contributed by atoms with E-state index in [1.165, 1.54) is 5.56 Å². The summed E-state index contributed by atoms with van der Waals surface area (Å²) >= 11 is 0. The number of nitrogens with zero attached hydrogens (tertiary/aromatic N) is 3. The molecule has 0 saturated heterocycles. The van der Waals surface area contributed by atoms with Gasteiger partial charge in [-0.1, -0.05) is 36.8 Å². The van der Waals surface area contributed by atoms with Gasteiger partial charge in [0.25, 0.3) is 0 Å². The van der Waals surface area contributed by atoms with Crippen LogP contribution < -0.4 is 0 Å². The molecule has 3 rings (SSSR count). The monoisotopic (exact) mass is 433 g/mol. The summed E-state index contributed by atoms with van der Waals surface area (Å²) in [6, 6.07) is 12.3. The van der Waals surface area contributed by atoms with E-state index in [0.717, 1.165) is 34.6 Å². The Bertz CT molecular complexity index is 1110. The van der Waals surface area contributed by atoms with E-state index in [0.29, 0.717) is 19.7 Å². The lowest BCUT2D eigenvalue weighted by Gasteiger charge is -2.20. The number of imidazole rings is 1. The fourth-order valence-electron chi connectivity index (χ4n) is 3.57. The number of hydrogen-bond acceptors (Lipinski definition) is 4. The highest BCUT2D eigenvalue weighted by Gasteiger charge is 2.15. The summed E-state index contributed by atoms with van der Waals surface area (Å²) in [6.07, 6.45) is 6.37. The third kappa shape index (κ3) is 5.63. The van der Waals surface area contributed by atoms with Crippen LogP contribution in [0.2, 0.25) is 0 Å². The predicted molar refractivity (Wildman–Crippen MR) is 127 cm³/mol. The average molecular weight is 434 g/mol. The zero-order valence-corrected chi connectivity index (χ0v) is 19.3. The van der Waals surface area contributed by atoms with Gasteiger partial charge in [0.05, 0.1) is 24.4 Å². The van der Waals surface area contributed by atoms with Crippen LogP contribution in [0.1, 0.15) is 43.5 Å². The second-order valence-corrected chi connectivity index (χ2v) is 7.86. The van der Waals surface area contributed by atoms with Crippen LogP contribution in [-0.2, 0) is 14.3 Å². The first-order valence-electron chi connectivity index (χ1n) is 11.1. The number of esters is 1. The number of carbonyl (C=O) groups is 2. The smallest absolute Gasteiger partial charge is 0.307 e. The number of aryl methyl sites for hydroxylation is 2. The Hall–Kier alpha value is -3.41. The number of hydrogen-bond donors (Lipinski definition) is 0. The van der Waals surface area contributed by atoms with E-state index >= 15 is 0 Å². The van der Waals surface area contributed by atoms with Crippen molar-refractivity contribution in [1.82, 2.24) is 14.3 Å². The molecule has 2 aromatic heterocycles. The molecule has 0 aliphatic carbocycles. The third-order valence-corrected chi connectivity index (χ3v) is 5.22. The molecule has 3 aromatic rings. The standard InChI is InChI=1S/C26H31N3O3/c1-5-15-28(16-14-25(31)32-6-2)24(30)12-11-22-26(21-9-7-19(3)8-10-21)27-23-18-20(4)13-17-29(22)23/h7-13,17-18H,5-6,14-16H2,1-4H3/b12-11+. The molecule has 6 nitrogen and oxygen atoms in total. The van der Waals surface area contributed by atoms with Crippen LogP contribution in [0.4, 0.5) is 0 Å². The predicted octanol–water partition coefficient (Wildman–Crippen LogP) is 4.82. The third-order valence-electron chi connectivity index (χ3n) is 5.22. The van der Waals surface area contributed by atoms with E-state index in [-0.39, 0.29) is 18.3 Å². The highest BCUT2D eigenvalue weighted by molar-refractivity contribution is 5.93. The highest BCUT2D eigenvalue weighted by Crippen LogP contribution is 2.26. The Morgan fingerprint density at radius 2 is 1.81 bits per heavy atom. The van der Waals surface area contributed by atoms with Crippen molar-refractivity contribution in [2.45, 2.75) is 40.5 Å². The number of fused-ring (bicyclic) bond motifs is 1. The second-order valence-electron chi connectivity index (χ2n) is 7.86. The molecule has 0 spiro atoms. The molecule has 0 atom stereocenters. The van der Waals surface area contributed by atoms with Gasteiger partial charge >= 0.3 is 5.97 Å². The first-order valence-corrected chi connectivity index (χ1v) is 11.1. The number of ether oxygens (including phenoxy) is 1. The number of carbonyl (C=O) groups excluding carboxylic acids is 2. The molecule has 0 fully saturated rings. The minimum Gasteiger partial charge on any atom is -0.466 e. The van der Waals surface area contributed by atoms with Gasteiger partial charge in [0.2, 0.25) is 5.91 Å². The minimum atomic E-state index is -0.288. The quantitative estimate of drug-likeness (QED) is 0.358. The van der Waals surface area contributed by atoms with E-state index in [1.54, 1.807) is 17.9 Å². The molecule has 1 aromatic carbocycles. The van der Waals surface area contributed by atoms with Crippen LogP contribution in [0.3, 0.4) is 0 Å². The molecule has 0 bridgehead atoms. The SMILES string of the molecule is CCCN(CCC(=O)OCC)C(=O)/C=C/c1c(-c2ccc(C)cc2)nc2cc(C)ccn12. The van der Waals surface area contributed by atoms with Gasteiger partial charge in [0.1, 0.15) is 5.65 Å². The van der Waals surface area contributed by atoms with E-state index < -0.39 is 0 Å². The van der Waals surface area contributed by atoms with Crippen LogP contribution in [0.25, 0.3) is 23.0 Å². The maximum atomic E-state index is 12.9. The maximum Gasteiger partial charge on any atom is 0.307 e. The zero-order chi connectivity index (χ0) is 23.1. The van der Waals surface area contributed by atoms with Crippen molar-refractivity contribution >= 4 is 23.6 Å². The van der Waals surface area contributed by atoms with Gasteiger partial charge < -0.3 is 9.64 Å². The molecule has 32 heavy (non-hydrogen) atoms. The minimum absolute atomic E-state index is 0.131. The molecule has 0 aliphatic rings. The zero-order valence-electron chi connectivity index (χ0n) is 19.3. The lowest BCUT2D eigenvalue weighted by molar-refractivity contribution is -0.143. The van der Waals surface area contributed by atoms with Crippen LogP contribution in [0.15, 0.2) is 48.7 Å². The topological polar surface area (TPSA) is 63.9 Å². The molecule has 2 heterocycles. The normalized spacial score (nSPS) is 11.2. The Morgan fingerprint density at radius 3 is 2.50 bits per heavy atom. The summed E-state index contributed by atoms with van der Waals surface area (Å²) in [5.41, 5.74) is 5.81. The van der Waals surface area contributed by atoms with Crippen LogP contribution >= 0.6 is 0 Å². The fourth-order valence-corrected chi connectivity index (χ4v) is 3.57. The van der Waals surface area contributed by atoms with Crippen molar-refractivity contribution in [1.29, 1.82) is 0 Å². The first kappa shape index (κ1) is 23.3. The van der Waals surface area contributed by atoms with Gasteiger partial charge in [-0.05, 0) is 51.0 Å². The summed E-state index contributed by atoms with van der Waals surface area (Å²) < 4.78 is 6.99. The molecule has 1 amide bonds. The molecule has 0 N–H and O–H groups in total. The van der Waals surface area contributed by atoms with E-state index in [9.17, 15) is 9.59 Å². The van der Waals surface area contributed by atoms with Crippen LogP contribution in [0.5, 0.6) is 0 Å². The molecule has 168 valence electrons. The van der Waals surface area contributed by atoms with Crippen molar-refractivity contribution in [3.8, 4) is 11.3 Å².